The van der Waals surface area contributed by atoms with Crippen LogP contribution in [-0.4, -0.2) is 48.7 Å². The summed E-state index contributed by atoms with van der Waals surface area (Å²) in [4.78, 5) is 27.2. The summed E-state index contributed by atoms with van der Waals surface area (Å²) in [6.45, 7) is 6.27. The second-order valence-electron chi connectivity index (χ2n) is 6.21. The minimum absolute atomic E-state index is 0.0481. The van der Waals surface area contributed by atoms with Gasteiger partial charge >= 0.3 is 6.03 Å². The highest BCUT2D eigenvalue weighted by Gasteiger charge is 2.22. The lowest BCUT2D eigenvalue weighted by atomic mass is 10.2. The number of hydrogen-bond acceptors (Lipinski definition) is 5. The van der Waals surface area contributed by atoms with Crippen LogP contribution in [-0.2, 0) is 16.1 Å². The molecule has 0 radical (unpaired) electrons. The van der Waals surface area contributed by atoms with E-state index in [-0.39, 0.29) is 24.6 Å². The van der Waals surface area contributed by atoms with Crippen molar-refractivity contribution in [1.82, 2.24) is 15.5 Å². The molecule has 2 rings (SSSR count). The second kappa shape index (κ2) is 9.76. The average Bonchev–Trinajstić information content (AvgIpc) is 3.20. The average molecular weight is 353 g/mol. The number of ether oxygens (including phenoxy) is 1. The highest BCUT2D eigenvalue weighted by molar-refractivity contribution is 7.09. The van der Waals surface area contributed by atoms with E-state index in [1.54, 1.807) is 11.3 Å². The zero-order valence-electron chi connectivity index (χ0n) is 14.4. The molecule has 24 heavy (non-hydrogen) atoms. The summed E-state index contributed by atoms with van der Waals surface area (Å²) in [5.41, 5.74) is 0. The van der Waals surface area contributed by atoms with Gasteiger partial charge in [0.05, 0.1) is 12.6 Å². The normalized spacial score (nSPS) is 18.5. The van der Waals surface area contributed by atoms with Gasteiger partial charge in [0.25, 0.3) is 0 Å². The van der Waals surface area contributed by atoms with E-state index in [0.717, 1.165) is 25.9 Å². The van der Waals surface area contributed by atoms with Gasteiger partial charge in [0, 0.05) is 30.6 Å². The number of amides is 3. The molecule has 7 heteroatoms. The Morgan fingerprint density at radius 3 is 2.96 bits per heavy atom. The van der Waals surface area contributed by atoms with Gasteiger partial charge in [0.2, 0.25) is 5.91 Å². The Labute approximate surface area is 147 Å². The summed E-state index contributed by atoms with van der Waals surface area (Å²) in [5.74, 6) is -0.287. The molecule has 0 saturated carbocycles. The molecule has 0 aliphatic carbocycles. The fourth-order valence-corrected chi connectivity index (χ4v) is 3.36. The summed E-state index contributed by atoms with van der Waals surface area (Å²) < 4.78 is 5.68. The van der Waals surface area contributed by atoms with Crippen molar-refractivity contribution < 1.29 is 14.3 Å². The van der Waals surface area contributed by atoms with E-state index in [1.165, 1.54) is 4.88 Å². The lowest BCUT2D eigenvalue weighted by Crippen LogP contribution is -2.47. The molecule has 1 aliphatic heterocycles. The number of imide groups is 1. The third kappa shape index (κ3) is 6.59. The lowest BCUT2D eigenvalue weighted by molar-refractivity contribution is -0.121. The molecular formula is C17H27N3O3S. The fourth-order valence-electron chi connectivity index (χ4n) is 2.62. The number of thiophene rings is 1. The molecule has 0 bridgehead atoms. The van der Waals surface area contributed by atoms with E-state index in [1.807, 2.05) is 30.2 Å². The number of hydrogen-bond donors (Lipinski definition) is 2. The molecule has 0 aromatic carbocycles. The Balaban J connectivity index is 1.85. The minimum atomic E-state index is -0.428. The second-order valence-corrected chi connectivity index (χ2v) is 7.25. The van der Waals surface area contributed by atoms with E-state index in [9.17, 15) is 9.59 Å². The van der Waals surface area contributed by atoms with Crippen molar-refractivity contribution in [3.8, 4) is 0 Å². The molecule has 1 aromatic heterocycles. The first-order valence-electron chi connectivity index (χ1n) is 8.53. The van der Waals surface area contributed by atoms with Crippen LogP contribution in [0.2, 0.25) is 0 Å². The van der Waals surface area contributed by atoms with Crippen molar-refractivity contribution >= 4 is 23.3 Å². The zero-order chi connectivity index (χ0) is 17.4. The topological polar surface area (TPSA) is 70.7 Å². The monoisotopic (exact) mass is 353 g/mol. The Hall–Kier alpha value is -1.44. The number of rotatable bonds is 8. The molecule has 2 atom stereocenters. The summed E-state index contributed by atoms with van der Waals surface area (Å²) >= 11 is 1.67. The largest absolute Gasteiger partial charge is 0.377 e. The Kier molecular flexibility index (Phi) is 7.68. The number of nitrogens with one attached hydrogen (secondary N) is 2. The molecule has 6 nitrogen and oxygen atoms in total. The van der Waals surface area contributed by atoms with E-state index < -0.39 is 6.03 Å². The first-order chi connectivity index (χ1) is 11.6. The van der Waals surface area contributed by atoms with Crippen LogP contribution >= 0.6 is 11.3 Å². The maximum absolute atomic E-state index is 12.2. The van der Waals surface area contributed by atoms with Gasteiger partial charge in [0.15, 0.2) is 0 Å². The third-order valence-corrected chi connectivity index (χ3v) is 4.92. The molecule has 0 spiro atoms. The Bertz CT molecular complexity index is 515. The van der Waals surface area contributed by atoms with Crippen LogP contribution in [0.3, 0.4) is 0 Å². The van der Waals surface area contributed by atoms with Gasteiger partial charge in [-0.05, 0) is 37.6 Å². The predicted molar refractivity (Wildman–Crippen MR) is 95.0 cm³/mol. The number of carbonyl (C=O) groups excluding carboxylic acids is 2. The molecule has 2 heterocycles. The van der Waals surface area contributed by atoms with Crippen molar-refractivity contribution in [2.75, 3.05) is 19.7 Å². The zero-order valence-corrected chi connectivity index (χ0v) is 15.2. The van der Waals surface area contributed by atoms with Crippen molar-refractivity contribution in [3.05, 3.63) is 22.4 Å². The Morgan fingerprint density at radius 2 is 2.33 bits per heavy atom. The van der Waals surface area contributed by atoms with E-state index in [4.69, 9.17) is 4.74 Å². The molecule has 1 saturated heterocycles. The molecule has 2 N–H and O–H groups in total. The van der Waals surface area contributed by atoms with Crippen LogP contribution in [0.5, 0.6) is 0 Å². The first-order valence-corrected chi connectivity index (χ1v) is 9.41. The summed E-state index contributed by atoms with van der Waals surface area (Å²) in [6, 6.07) is 3.68. The van der Waals surface area contributed by atoms with Crippen molar-refractivity contribution in [1.29, 1.82) is 0 Å². The van der Waals surface area contributed by atoms with E-state index in [2.05, 4.69) is 16.7 Å². The van der Waals surface area contributed by atoms with Crippen molar-refractivity contribution in [3.63, 3.8) is 0 Å². The first kappa shape index (κ1) is 18.9. The molecule has 1 fully saturated rings. The third-order valence-electron chi connectivity index (χ3n) is 4.06. The van der Waals surface area contributed by atoms with Gasteiger partial charge in [-0.3, -0.25) is 15.0 Å². The van der Waals surface area contributed by atoms with Crippen LogP contribution in [0.15, 0.2) is 17.5 Å². The predicted octanol–water partition coefficient (Wildman–Crippen LogP) is 2.35. The maximum atomic E-state index is 12.2. The minimum Gasteiger partial charge on any atom is -0.377 e. The summed E-state index contributed by atoms with van der Waals surface area (Å²) in [7, 11) is 0. The Morgan fingerprint density at radius 1 is 1.50 bits per heavy atom. The number of carbonyl (C=O) groups is 2. The maximum Gasteiger partial charge on any atom is 0.321 e. The van der Waals surface area contributed by atoms with Crippen LogP contribution in [0.4, 0.5) is 4.79 Å². The fraction of sp³-hybridized carbons (Fsp3) is 0.647. The van der Waals surface area contributed by atoms with Crippen LogP contribution in [0, 0.1) is 0 Å². The summed E-state index contributed by atoms with van der Waals surface area (Å²) in [6.07, 6.45) is 3.09. The van der Waals surface area contributed by atoms with Crippen LogP contribution in [0.25, 0.3) is 0 Å². The van der Waals surface area contributed by atoms with Gasteiger partial charge in [-0.1, -0.05) is 13.0 Å². The molecule has 1 aromatic rings. The number of nitrogens with zero attached hydrogens (tertiary/aromatic N) is 1. The summed E-state index contributed by atoms with van der Waals surface area (Å²) in [5, 5.41) is 7.18. The molecular weight excluding hydrogens is 326 g/mol. The SMILES string of the molecule is CC[C@H](C)NC(=O)NC(=O)CN(Cc1cccs1)C[C@@H]1CCCO1. The van der Waals surface area contributed by atoms with Gasteiger partial charge < -0.3 is 10.1 Å². The smallest absolute Gasteiger partial charge is 0.321 e. The van der Waals surface area contributed by atoms with Crippen LogP contribution < -0.4 is 10.6 Å². The van der Waals surface area contributed by atoms with Crippen molar-refractivity contribution in [2.45, 2.75) is 51.8 Å². The highest BCUT2D eigenvalue weighted by atomic mass is 32.1. The van der Waals surface area contributed by atoms with E-state index >= 15 is 0 Å². The molecule has 134 valence electrons. The molecule has 1 aliphatic rings. The standard InChI is InChI=1S/C17H27N3O3S/c1-3-13(2)18-17(22)19-16(21)12-20(10-14-6-4-8-23-14)11-15-7-5-9-24-15/h5,7,9,13-14H,3-4,6,8,10-12H2,1-2H3,(H2,18,19,21,22)/t13-,14-/m0/s1. The van der Waals surface area contributed by atoms with Crippen molar-refractivity contribution in [2.24, 2.45) is 0 Å². The van der Waals surface area contributed by atoms with Gasteiger partial charge in [-0.15, -0.1) is 11.3 Å². The van der Waals surface area contributed by atoms with Crippen LogP contribution in [0.1, 0.15) is 38.0 Å². The van der Waals surface area contributed by atoms with E-state index in [0.29, 0.717) is 13.1 Å². The highest BCUT2D eigenvalue weighted by Crippen LogP contribution is 2.16. The lowest BCUT2D eigenvalue weighted by Gasteiger charge is -2.24. The molecule has 0 unspecified atom stereocenters. The van der Waals surface area contributed by atoms with Gasteiger partial charge in [-0.25, -0.2) is 4.79 Å². The van der Waals surface area contributed by atoms with Gasteiger partial charge in [-0.2, -0.15) is 0 Å². The van der Waals surface area contributed by atoms with Gasteiger partial charge in [0.1, 0.15) is 0 Å². The quantitative estimate of drug-likeness (QED) is 0.753. The number of urea groups is 1. The molecule has 3 amide bonds.